The number of amides is 1. The number of nitrogens with zero attached hydrogens (tertiary/aromatic N) is 1. The van der Waals surface area contributed by atoms with Crippen molar-refractivity contribution < 1.29 is 38.5 Å². The second-order valence-corrected chi connectivity index (χ2v) is 10.4. The summed E-state index contributed by atoms with van der Waals surface area (Å²) in [4.78, 5) is 22.9. The van der Waals surface area contributed by atoms with Crippen molar-refractivity contribution in [2.24, 2.45) is 5.92 Å². The van der Waals surface area contributed by atoms with Crippen molar-refractivity contribution in [3.05, 3.63) is 29.8 Å². The monoisotopic (exact) mass is 466 g/mol. The Hall–Kier alpha value is -2.33. The number of hydrogen-bond acceptors (Lipinski definition) is 5. The van der Waals surface area contributed by atoms with Gasteiger partial charge >= 0.3 is 16.2 Å². The predicted octanol–water partition coefficient (Wildman–Crippen LogP) is 4.35. The van der Waals surface area contributed by atoms with E-state index in [9.17, 15) is 29.0 Å². The minimum absolute atomic E-state index is 0.123. The molecule has 2 fully saturated rings. The van der Waals surface area contributed by atoms with Crippen LogP contribution in [0.25, 0.3) is 0 Å². The highest BCUT2D eigenvalue weighted by Gasteiger charge is 2.65. The Balaban J connectivity index is 1.81. The number of nitrogens with one attached hydrogen (secondary N) is 1. The zero-order chi connectivity index (χ0) is 23.1. The second-order valence-electron chi connectivity index (χ2n) is 7.98. The molecule has 1 saturated carbocycles. The van der Waals surface area contributed by atoms with Crippen LogP contribution in [-0.4, -0.2) is 43.9 Å². The quantitative estimate of drug-likeness (QED) is 0.350. The average molecular weight is 466 g/mol. The molecule has 1 unspecified atom stereocenters. The van der Waals surface area contributed by atoms with Gasteiger partial charge in [0.25, 0.3) is 12.6 Å². The SMILES string of the molecule is COC(=O)C(NC(=O)c1ccc(S(F)(F)(F)(F)F)cc1)C1(OCC2CC2)CB(C#N)C1. The molecule has 1 aromatic rings. The predicted molar refractivity (Wildman–Crippen MR) is 103 cm³/mol. The summed E-state index contributed by atoms with van der Waals surface area (Å²) in [5.41, 5.74) is -1.54. The number of rotatable bonds is 8. The molecule has 3 rings (SSSR count). The van der Waals surface area contributed by atoms with Crippen LogP contribution in [-0.2, 0) is 14.3 Å². The Labute approximate surface area is 175 Å². The van der Waals surface area contributed by atoms with Crippen LogP contribution in [0.15, 0.2) is 29.2 Å². The number of esters is 1. The molecule has 1 atom stereocenters. The fourth-order valence-corrected chi connectivity index (χ4v) is 4.12. The fraction of sp³-hybridized carbons (Fsp3) is 0.500. The third-order valence-electron chi connectivity index (χ3n) is 5.47. The zero-order valence-corrected chi connectivity index (χ0v) is 17.3. The lowest BCUT2D eigenvalue weighted by Crippen LogP contribution is -2.66. The molecule has 31 heavy (non-hydrogen) atoms. The molecule has 1 aromatic carbocycles. The van der Waals surface area contributed by atoms with Crippen molar-refractivity contribution >= 4 is 28.8 Å². The van der Waals surface area contributed by atoms with E-state index in [4.69, 9.17) is 14.7 Å². The maximum absolute atomic E-state index is 12.9. The number of carbonyl (C=O) groups is 2. The summed E-state index contributed by atoms with van der Waals surface area (Å²) in [5.74, 6) is 0.587. The van der Waals surface area contributed by atoms with Gasteiger partial charge < -0.3 is 14.8 Å². The molecule has 1 aliphatic heterocycles. The van der Waals surface area contributed by atoms with Crippen LogP contribution in [0.3, 0.4) is 0 Å². The Morgan fingerprint density at radius 3 is 2.26 bits per heavy atom. The lowest BCUT2D eigenvalue weighted by Gasteiger charge is -2.47. The topological polar surface area (TPSA) is 88.4 Å². The van der Waals surface area contributed by atoms with E-state index in [-0.39, 0.29) is 37.0 Å². The van der Waals surface area contributed by atoms with Gasteiger partial charge in [0.15, 0.2) is 6.04 Å². The van der Waals surface area contributed by atoms with Crippen LogP contribution in [0.5, 0.6) is 0 Å². The van der Waals surface area contributed by atoms with Gasteiger partial charge in [0, 0.05) is 11.5 Å². The summed E-state index contributed by atoms with van der Waals surface area (Å²) >= 11 is 0. The number of halogens is 5. The highest BCUT2D eigenvalue weighted by atomic mass is 32.5. The van der Waals surface area contributed by atoms with E-state index in [1.54, 1.807) is 0 Å². The number of carbonyl (C=O) groups excluding carboxylic acids is 2. The lowest BCUT2D eigenvalue weighted by atomic mass is 9.30. The van der Waals surface area contributed by atoms with Gasteiger partial charge in [-0.25, -0.2) is 10.1 Å². The first kappa shape index (κ1) is 23.3. The average Bonchev–Trinajstić information content (AvgIpc) is 3.48. The molecule has 2 aliphatic rings. The van der Waals surface area contributed by atoms with Gasteiger partial charge in [-0.15, -0.1) is 0 Å². The van der Waals surface area contributed by atoms with Gasteiger partial charge in [-0.3, -0.25) is 4.79 Å². The summed E-state index contributed by atoms with van der Waals surface area (Å²) in [6.45, 7) is -0.0554. The van der Waals surface area contributed by atoms with Gasteiger partial charge in [-0.2, -0.15) is 0 Å². The van der Waals surface area contributed by atoms with Crippen molar-refractivity contribution in [2.45, 2.75) is 42.0 Å². The van der Waals surface area contributed by atoms with Crippen LogP contribution in [0.4, 0.5) is 19.4 Å². The Morgan fingerprint density at radius 2 is 1.81 bits per heavy atom. The maximum atomic E-state index is 12.9. The summed E-state index contributed by atoms with van der Waals surface area (Å²) < 4.78 is 75.0. The third-order valence-corrected chi connectivity index (χ3v) is 6.63. The molecule has 170 valence electrons. The van der Waals surface area contributed by atoms with Crippen molar-refractivity contribution in [1.82, 2.24) is 5.32 Å². The van der Waals surface area contributed by atoms with Crippen LogP contribution >= 0.6 is 10.2 Å². The standard InChI is InChI=1S/C18H20BF5N2O4S/c1-29-17(28)15(18(9-19(10-18)11-25)30-8-12-2-3-12)26-16(27)13-4-6-14(7-5-13)31(20,21,22,23)24/h4-7,12,15H,2-3,8-10H2,1H3,(H,26,27). The summed E-state index contributed by atoms with van der Waals surface area (Å²) in [6.07, 6.45) is 2.26. The molecule has 1 saturated heterocycles. The molecular weight excluding hydrogens is 446 g/mol. The van der Waals surface area contributed by atoms with Gasteiger partial charge in [-0.1, -0.05) is 19.4 Å². The third kappa shape index (κ3) is 5.30. The van der Waals surface area contributed by atoms with Crippen LogP contribution in [0.2, 0.25) is 12.6 Å². The zero-order valence-electron chi connectivity index (χ0n) is 16.5. The molecule has 0 bridgehead atoms. The molecule has 0 spiro atoms. The van der Waals surface area contributed by atoms with Crippen LogP contribution < -0.4 is 5.32 Å². The van der Waals surface area contributed by atoms with Gasteiger partial charge in [0.1, 0.15) is 4.90 Å². The highest BCUT2D eigenvalue weighted by molar-refractivity contribution is 8.45. The van der Waals surface area contributed by atoms with Crippen molar-refractivity contribution in [3.63, 3.8) is 0 Å². The first-order valence-electron chi connectivity index (χ1n) is 9.44. The van der Waals surface area contributed by atoms with E-state index in [1.165, 1.54) is 0 Å². The van der Waals surface area contributed by atoms with Gasteiger partial charge in [0.2, 0.25) is 0 Å². The summed E-state index contributed by atoms with van der Waals surface area (Å²) in [7, 11) is -8.77. The molecule has 6 nitrogen and oxygen atoms in total. The Kier molecular flexibility index (Phi) is 5.34. The highest BCUT2D eigenvalue weighted by Crippen LogP contribution is 3.02. The number of hydrogen-bond donors (Lipinski definition) is 1. The van der Waals surface area contributed by atoms with Crippen LogP contribution in [0.1, 0.15) is 23.2 Å². The van der Waals surface area contributed by atoms with Crippen molar-refractivity contribution in [2.75, 3.05) is 13.7 Å². The smallest absolute Gasteiger partial charge is 0.331 e. The fourth-order valence-electron chi connectivity index (χ4n) is 3.47. The first-order chi connectivity index (χ1) is 14.2. The molecule has 1 amide bonds. The maximum Gasteiger partial charge on any atom is 0.331 e. The van der Waals surface area contributed by atoms with E-state index < -0.39 is 38.6 Å². The van der Waals surface area contributed by atoms with Crippen molar-refractivity contribution in [1.29, 1.82) is 5.26 Å². The van der Waals surface area contributed by atoms with Crippen LogP contribution in [0, 0.1) is 17.1 Å². The first-order valence-corrected chi connectivity index (χ1v) is 11.4. The van der Waals surface area contributed by atoms with Crippen molar-refractivity contribution in [3.8, 4) is 5.97 Å². The van der Waals surface area contributed by atoms with Gasteiger partial charge in [0.05, 0.1) is 19.3 Å². The second kappa shape index (κ2) is 7.10. The Morgan fingerprint density at radius 1 is 1.23 bits per heavy atom. The summed E-state index contributed by atoms with van der Waals surface area (Å²) in [6, 6.07) is 0.139. The molecule has 1 heterocycles. The number of methoxy groups -OCH3 is 1. The minimum atomic E-state index is -9.87. The van der Waals surface area contributed by atoms with E-state index in [2.05, 4.69) is 11.3 Å². The van der Waals surface area contributed by atoms with E-state index in [1.807, 2.05) is 0 Å². The van der Waals surface area contributed by atoms with E-state index in [0.717, 1.165) is 20.0 Å². The molecule has 0 aromatic heterocycles. The molecular formula is C18H20BF5N2O4S. The normalized spacial score (nSPS) is 21.0. The molecule has 0 radical (unpaired) electrons. The molecule has 1 aliphatic carbocycles. The number of benzene rings is 1. The van der Waals surface area contributed by atoms with E-state index in [0.29, 0.717) is 24.7 Å². The number of ether oxygens (including phenoxy) is 2. The largest absolute Gasteiger partial charge is 0.467 e. The van der Waals surface area contributed by atoms with E-state index >= 15 is 0 Å². The molecule has 1 N–H and O–H groups in total. The minimum Gasteiger partial charge on any atom is -0.467 e. The molecule has 13 heteroatoms. The Bertz CT molecular complexity index is 926. The number of nitriles is 1. The van der Waals surface area contributed by atoms with Gasteiger partial charge in [-0.05, 0) is 55.7 Å². The summed E-state index contributed by atoms with van der Waals surface area (Å²) in [5, 5.41) is 11.5. The lowest BCUT2D eigenvalue weighted by molar-refractivity contribution is -0.153.